The number of rotatable bonds is 4. The van der Waals surface area contributed by atoms with Gasteiger partial charge in [-0.2, -0.15) is 0 Å². The molecule has 2 N–H and O–H groups in total. The van der Waals surface area contributed by atoms with E-state index in [0.29, 0.717) is 15.2 Å². The molecule has 0 radical (unpaired) electrons. The van der Waals surface area contributed by atoms with Crippen LogP contribution in [-0.2, 0) is 4.79 Å². The van der Waals surface area contributed by atoms with E-state index in [1.165, 1.54) is 4.90 Å². The topological polar surface area (TPSA) is 69.6 Å². The van der Waals surface area contributed by atoms with Gasteiger partial charge in [-0.15, -0.1) is 0 Å². The number of anilines is 1. The Bertz CT molecular complexity index is 496. The van der Waals surface area contributed by atoms with Crippen LogP contribution in [0.25, 0.3) is 0 Å². The van der Waals surface area contributed by atoms with Crippen molar-refractivity contribution in [1.82, 2.24) is 4.90 Å². The van der Waals surface area contributed by atoms with Gasteiger partial charge in [-0.25, -0.2) is 4.79 Å². The normalized spacial score (nSPS) is 11.8. The molecule has 1 atom stereocenters. The molecule has 2 amide bonds. The van der Waals surface area contributed by atoms with Crippen molar-refractivity contribution in [3.8, 4) is 0 Å². The van der Waals surface area contributed by atoms with Crippen molar-refractivity contribution < 1.29 is 14.7 Å². The molecule has 0 aromatic heterocycles. The molecule has 104 valence electrons. The zero-order valence-electron chi connectivity index (χ0n) is 10.5. The zero-order chi connectivity index (χ0) is 14.6. The van der Waals surface area contributed by atoms with Crippen LogP contribution in [0.2, 0.25) is 5.02 Å². The molecule has 1 aromatic carbocycles. The van der Waals surface area contributed by atoms with Crippen LogP contribution in [0.5, 0.6) is 0 Å². The summed E-state index contributed by atoms with van der Waals surface area (Å²) >= 11 is 9.11. The molecule has 7 heteroatoms. The average molecular weight is 350 g/mol. The number of hydrogen-bond donors (Lipinski definition) is 2. The number of carboxylic acids is 1. The Morgan fingerprint density at radius 3 is 2.68 bits per heavy atom. The van der Waals surface area contributed by atoms with E-state index < -0.39 is 11.9 Å². The van der Waals surface area contributed by atoms with Crippen LogP contribution >= 0.6 is 27.5 Å². The van der Waals surface area contributed by atoms with Crippen molar-refractivity contribution in [2.45, 2.75) is 6.92 Å². The molecule has 0 saturated carbocycles. The van der Waals surface area contributed by atoms with E-state index in [4.69, 9.17) is 16.7 Å². The lowest BCUT2D eigenvalue weighted by molar-refractivity contribution is -0.141. The quantitative estimate of drug-likeness (QED) is 0.876. The van der Waals surface area contributed by atoms with Crippen molar-refractivity contribution in [2.75, 3.05) is 18.9 Å². The lowest BCUT2D eigenvalue weighted by Gasteiger charge is -2.20. The van der Waals surface area contributed by atoms with E-state index in [1.807, 2.05) is 0 Å². The zero-order valence-corrected chi connectivity index (χ0v) is 12.8. The third kappa shape index (κ3) is 4.72. The fourth-order valence-electron chi connectivity index (χ4n) is 1.36. The van der Waals surface area contributed by atoms with Crippen LogP contribution in [0, 0.1) is 5.92 Å². The first-order valence-corrected chi connectivity index (χ1v) is 6.68. The lowest BCUT2D eigenvalue weighted by atomic mass is 10.2. The van der Waals surface area contributed by atoms with Gasteiger partial charge in [0.1, 0.15) is 0 Å². The largest absolute Gasteiger partial charge is 0.481 e. The Morgan fingerprint density at radius 1 is 1.53 bits per heavy atom. The molecule has 0 spiro atoms. The Hall–Kier alpha value is -1.27. The van der Waals surface area contributed by atoms with Crippen LogP contribution in [0.3, 0.4) is 0 Å². The fraction of sp³-hybridized carbons (Fsp3) is 0.333. The summed E-state index contributed by atoms with van der Waals surface area (Å²) in [6, 6.07) is 4.62. The van der Waals surface area contributed by atoms with E-state index in [2.05, 4.69) is 21.2 Å². The molecule has 0 bridgehead atoms. The van der Waals surface area contributed by atoms with Crippen LogP contribution in [0.15, 0.2) is 22.7 Å². The number of aliphatic carboxylic acids is 1. The van der Waals surface area contributed by atoms with E-state index in [0.717, 1.165) is 0 Å². The number of halogens is 2. The van der Waals surface area contributed by atoms with Gasteiger partial charge < -0.3 is 15.3 Å². The summed E-state index contributed by atoms with van der Waals surface area (Å²) in [6.45, 7) is 1.68. The maximum atomic E-state index is 11.8. The van der Waals surface area contributed by atoms with Gasteiger partial charge in [0.2, 0.25) is 0 Å². The number of carbonyl (C=O) groups is 2. The standard InChI is InChI=1S/C12H14BrClN2O3/c1-7(11(17)18)6-16(2)12(19)15-8-3-4-10(14)9(13)5-8/h3-5,7H,6H2,1-2H3,(H,15,19)(H,17,18). The first kappa shape index (κ1) is 15.8. The van der Waals surface area contributed by atoms with Gasteiger partial charge in [0.05, 0.1) is 10.9 Å². The molecule has 1 aromatic rings. The molecule has 1 unspecified atom stereocenters. The molecule has 1 rings (SSSR count). The third-order valence-electron chi connectivity index (χ3n) is 2.49. The first-order valence-electron chi connectivity index (χ1n) is 5.51. The average Bonchev–Trinajstić information content (AvgIpc) is 2.33. The summed E-state index contributed by atoms with van der Waals surface area (Å²) in [4.78, 5) is 23.9. The lowest BCUT2D eigenvalue weighted by Crippen LogP contribution is -2.36. The minimum atomic E-state index is -0.936. The van der Waals surface area contributed by atoms with Gasteiger partial charge in [0.15, 0.2) is 0 Å². The van der Waals surface area contributed by atoms with Crippen LogP contribution < -0.4 is 5.32 Å². The SMILES string of the molecule is CC(CN(C)C(=O)Nc1ccc(Cl)c(Br)c1)C(=O)O. The number of amides is 2. The Kier molecular flexibility index (Phi) is 5.62. The van der Waals surface area contributed by atoms with E-state index in [1.54, 1.807) is 32.2 Å². The molecule has 0 fully saturated rings. The van der Waals surface area contributed by atoms with Gasteiger partial charge in [0, 0.05) is 23.8 Å². The highest BCUT2D eigenvalue weighted by molar-refractivity contribution is 9.10. The number of nitrogens with zero attached hydrogens (tertiary/aromatic N) is 1. The van der Waals surface area contributed by atoms with Gasteiger partial charge >= 0.3 is 12.0 Å². The molecule has 0 aliphatic rings. The number of urea groups is 1. The fourth-order valence-corrected chi connectivity index (χ4v) is 1.86. The highest BCUT2D eigenvalue weighted by atomic mass is 79.9. The summed E-state index contributed by atoms with van der Waals surface area (Å²) in [6.07, 6.45) is 0. The first-order chi connectivity index (χ1) is 8.81. The monoisotopic (exact) mass is 348 g/mol. The van der Waals surface area contributed by atoms with E-state index in [-0.39, 0.29) is 12.6 Å². The predicted octanol–water partition coefficient (Wildman–Crippen LogP) is 3.29. The van der Waals surface area contributed by atoms with Gasteiger partial charge in [-0.05, 0) is 34.1 Å². The number of nitrogens with one attached hydrogen (secondary N) is 1. The molecule has 5 nitrogen and oxygen atoms in total. The van der Waals surface area contributed by atoms with Crippen molar-refractivity contribution >= 4 is 45.2 Å². The Morgan fingerprint density at radius 2 is 2.16 bits per heavy atom. The summed E-state index contributed by atoms with van der Waals surface area (Å²) < 4.78 is 0.675. The van der Waals surface area contributed by atoms with Gasteiger partial charge in [0.25, 0.3) is 0 Å². The minimum Gasteiger partial charge on any atom is -0.481 e. The second-order valence-electron chi connectivity index (χ2n) is 4.18. The third-order valence-corrected chi connectivity index (χ3v) is 3.70. The highest BCUT2D eigenvalue weighted by Gasteiger charge is 2.17. The van der Waals surface area contributed by atoms with E-state index >= 15 is 0 Å². The maximum absolute atomic E-state index is 11.8. The molecule has 19 heavy (non-hydrogen) atoms. The molecule has 0 heterocycles. The predicted molar refractivity (Wildman–Crippen MR) is 77.6 cm³/mol. The summed E-state index contributed by atoms with van der Waals surface area (Å²) in [7, 11) is 1.54. The smallest absolute Gasteiger partial charge is 0.321 e. The Balaban J connectivity index is 2.63. The van der Waals surface area contributed by atoms with Crippen molar-refractivity contribution in [3.63, 3.8) is 0 Å². The number of hydrogen-bond acceptors (Lipinski definition) is 2. The highest BCUT2D eigenvalue weighted by Crippen LogP contribution is 2.25. The molecular weight excluding hydrogens is 336 g/mol. The van der Waals surface area contributed by atoms with Crippen LogP contribution in [0.1, 0.15) is 6.92 Å². The van der Waals surface area contributed by atoms with Crippen LogP contribution in [0.4, 0.5) is 10.5 Å². The summed E-state index contributed by atoms with van der Waals surface area (Å²) in [5, 5.41) is 12.0. The van der Waals surface area contributed by atoms with Gasteiger partial charge in [-0.3, -0.25) is 4.79 Å². The van der Waals surface area contributed by atoms with Crippen molar-refractivity contribution in [1.29, 1.82) is 0 Å². The molecule has 0 saturated heterocycles. The second-order valence-corrected chi connectivity index (χ2v) is 5.44. The minimum absolute atomic E-state index is 0.135. The summed E-state index contributed by atoms with van der Waals surface area (Å²) in [5.74, 6) is -1.55. The summed E-state index contributed by atoms with van der Waals surface area (Å²) in [5.41, 5.74) is 0.580. The maximum Gasteiger partial charge on any atom is 0.321 e. The van der Waals surface area contributed by atoms with Crippen molar-refractivity contribution in [3.05, 3.63) is 27.7 Å². The molecule has 0 aliphatic heterocycles. The number of benzene rings is 1. The van der Waals surface area contributed by atoms with Crippen LogP contribution in [-0.4, -0.2) is 35.6 Å². The van der Waals surface area contributed by atoms with E-state index in [9.17, 15) is 9.59 Å². The molecule has 0 aliphatic carbocycles. The Labute approximate surface area is 124 Å². The molecular formula is C12H14BrClN2O3. The van der Waals surface area contributed by atoms with Crippen molar-refractivity contribution in [2.24, 2.45) is 5.92 Å². The second kappa shape index (κ2) is 6.77. The number of carboxylic acid groups (broad SMARTS) is 1. The van der Waals surface area contributed by atoms with Gasteiger partial charge in [-0.1, -0.05) is 18.5 Å². The number of carbonyl (C=O) groups excluding carboxylic acids is 1.